The van der Waals surface area contributed by atoms with Crippen LogP contribution < -0.4 is 10.6 Å². The first-order chi connectivity index (χ1) is 15.3. The van der Waals surface area contributed by atoms with Gasteiger partial charge in [-0.3, -0.25) is 9.59 Å². The molecule has 2 N–H and O–H groups in total. The van der Waals surface area contributed by atoms with Gasteiger partial charge in [-0.2, -0.15) is 5.10 Å². The van der Waals surface area contributed by atoms with E-state index in [9.17, 15) is 14.0 Å². The van der Waals surface area contributed by atoms with Gasteiger partial charge in [0.2, 0.25) is 5.91 Å². The van der Waals surface area contributed by atoms with Gasteiger partial charge in [0.1, 0.15) is 5.82 Å². The van der Waals surface area contributed by atoms with Gasteiger partial charge < -0.3 is 10.6 Å². The Kier molecular flexibility index (Phi) is 6.00. The third-order valence-corrected chi connectivity index (χ3v) is 5.92. The molecule has 3 heterocycles. The Hall–Kier alpha value is -3.59. The number of nitrogens with two attached hydrogens (primary N) is 1. The number of halogens is 1. The molecule has 0 bridgehead atoms. The van der Waals surface area contributed by atoms with Gasteiger partial charge in [0.25, 0.3) is 5.91 Å². The predicted octanol–water partition coefficient (Wildman–Crippen LogP) is 4.40. The fourth-order valence-electron chi connectivity index (χ4n) is 3.46. The van der Waals surface area contributed by atoms with Crippen molar-refractivity contribution in [2.24, 2.45) is 5.73 Å². The molecule has 0 atom stereocenters. The monoisotopic (exact) mass is 451 g/mol. The van der Waals surface area contributed by atoms with E-state index >= 15 is 0 Å². The molecule has 164 valence electrons. The second-order valence-electron chi connectivity index (χ2n) is 7.60. The molecule has 1 aromatic carbocycles. The van der Waals surface area contributed by atoms with E-state index < -0.39 is 11.7 Å². The van der Waals surface area contributed by atoms with Gasteiger partial charge in [-0.25, -0.2) is 14.1 Å². The van der Waals surface area contributed by atoms with Crippen LogP contribution in [0.4, 0.5) is 10.1 Å². The zero-order valence-electron chi connectivity index (χ0n) is 17.7. The standard InChI is InChI=1S/C23H22FN5O2S/c1-14(2)29-22-18(13-26-29)17(12-19(27-22)20-4-3-11-32-20)23(31)28(10-9-21(25)30)16-7-5-15(24)6-8-16/h3-8,11-14H,9-10H2,1-2H3,(H2,25,30). The average molecular weight is 452 g/mol. The Morgan fingerprint density at radius 3 is 2.59 bits per heavy atom. The van der Waals surface area contributed by atoms with Crippen LogP contribution in [0.25, 0.3) is 21.6 Å². The number of fused-ring (bicyclic) bond motifs is 1. The lowest BCUT2D eigenvalue weighted by Gasteiger charge is -2.23. The normalized spacial score (nSPS) is 11.2. The summed E-state index contributed by atoms with van der Waals surface area (Å²) in [4.78, 5) is 32.4. The molecule has 0 radical (unpaired) electrons. The fourth-order valence-corrected chi connectivity index (χ4v) is 4.15. The summed E-state index contributed by atoms with van der Waals surface area (Å²) in [5.41, 5.74) is 7.47. The Morgan fingerprint density at radius 1 is 1.22 bits per heavy atom. The molecule has 32 heavy (non-hydrogen) atoms. The fraction of sp³-hybridized carbons (Fsp3) is 0.217. The Labute approximate surface area is 188 Å². The van der Waals surface area contributed by atoms with Crippen molar-refractivity contribution in [3.05, 3.63) is 65.4 Å². The maximum absolute atomic E-state index is 13.8. The number of anilines is 1. The molecule has 4 aromatic rings. The highest BCUT2D eigenvalue weighted by atomic mass is 32.1. The number of amides is 2. The highest BCUT2D eigenvalue weighted by Gasteiger charge is 2.24. The van der Waals surface area contributed by atoms with Gasteiger partial charge >= 0.3 is 0 Å². The highest BCUT2D eigenvalue weighted by molar-refractivity contribution is 7.13. The van der Waals surface area contributed by atoms with E-state index in [4.69, 9.17) is 10.7 Å². The molecule has 3 aromatic heterocycles. The first kappa shape index (κ1) is 21.6. The molecular formula is C23H22FN5O2S. The van der Waals surface area contributed by atoms with Crippen molar-refractivity contribution in [2.45, 2.75) is 26.3 Å². The minimum absolute atomic E-state index is 0.0274. The molecule has 0 saturated heterocycles. The van der Waals surface area contributed by atoms with E-state index in [0.29, 0.717) is 28.0 Å². The minimum Gasteiger partial charge on any atom is -0.370 e. The number of hydrogen-bond acceptors (Lipinski definition) is 5. The van der Waals surface area contributed by atoms with Crippen LogP contribution in [0.3, 0.4) is 0 Å². The van der Waals surface area contributed by atoms with Crippen LogP contribution in [-0.4, -0.2) is 33.1 Å². The summed E-state index contributed by atoms with van der Waals surface area (Å²) in [5, 5.41) is 6.99. The van der Waals surface area contributed by atoms with Crippen LogP contribution in [0.2, 0.25) is 0 Å². The third-order valence-electron chi connectivity index (χ3n) is 5.03. The van der Waals surface area contributed by atoms with Crippen LogP contribution in [0.5, 0.6) is 0 Å². The molecule has 0 aliphatic heterocycles. The maximum Gasteiger partial charge on any atom is 0.259 e. The Morgan fingerprint density at radius 2 is 1.97 bits per heavy atom. The van der Waals surface area contributed by atoms with Crippen LogP contribution in [-0.2, 0) is 4.79 Å². The number of thiophene rings is 1. The van der Waals surface area contributed by atoms with E-state index in [1.807, 2.05) is 31.4 Å². The van der Waals surface area contributed by atoms with Gasteiger partial charge in [0.15, 0.2) is 5.65 Å². The zero-order valence-corrected chi connectivity index (χ0v) is 18.5. The number of carbonyl (C=O) groups is 2. The number of nitrogens with zero attached hydrogens (tertiary/aromatic N) is 4. The van der Waals surface area contributed by atoms with E-state index in [1.165, 1.54) is 40.5 Å². The van der Waals surface area contributed by atoms with Crippen LogP contribution >= 0.6 is 11.3 Å². The summed E-state index contributed by atoms with van der Waals surface area (Å²) in [6.07, 6.45) is 1.60. The first-order valence-corrected chi connectivity index (χ1v) is 11.0. The molecule has 2 amide bonds. The number of carbonyl (C=O) groups excluding carboxylic acids is 2. The van der Waals surface area contributed by atoms with Crippen LogP contribution in [0.15, 0.2) is 54.0 Å². The molecule has 0 aliphatic carbocycles. The summed E-state index contributed by atoms with van der Waals surface area (Å²) < 4.78 is 15.3. The van der Waals surface area contributed by atoms with Crippen molar-refractivity contribution in [2.75, 3.05) is 11.4 Å². The molecule has 0 spiro atoms. The number of pyridine rings is 1. The van der Waals surface area contributed by atoms with E-state index in [2.05, 4.69) is 5.10 Å². The van der Waals surface area contributed by atoms with Crippen molar-refractivity contribution in [1.29, 1.82) is 0 Å². The maximum atomic E-state index is 13.8. The number of primary amides is 1. The number of hydrogen-bond donors (Lipinski definition) is 1. The van der Waals surface area contributed by atoms with Gasteiger partial charge in [0.05, 0.1) is 27.7 Å². The summed E-state index contributed by atoms with van der Waals surface area (Å²) >= 11 is 1.52. The minimum atomic E-state index is -0.531. The lowest BCUT2D eigenvalue weighted by Crippen LogP contribution is -2.34. The summed E-state index contributed by atoms with van der Waals surface area (Å²) in [7, 11) is 0. The van der Waals surface area contributed by atoms with Crippen LogP contribution in [0, 0.1) is 5.82 Å². The number of benzene rings is 1. The third kappa shape index (κ3) is 4.24. The van der Waals surface area contributed by atoms with Crippen molar-refractivity contribution >= 4 is 39.9 Å². The van der Waals surface area contributed by atoms with Crippen molar-refractivity contribution in [3.63, 3.8) is 0 Å². The van der Waals surface area contributed by atoms with Crippen molar-refractivity contribution in [3.8, 4) is 10.6 Å². The number of aromatic nitrogens is 3. The van der Waals surface area contributed by atoms with Gasteiger partial charge in [-0.1, -0.05) is 6.07 Å². The highest BCUT2D eigenvalue weighted by Crippen LogP contribution is 2.30. The summed E-state index contributed by atoms with van der Waals surface area (Å²) in [5.74, 6) is -1.29. The van der Waals surface area contributed by atoms with Gasteiger partial charge in [-0.15, -0.1) is 11.3 Å². The smallest absolute Gasteiger partial charge is 0.259 e. The molecule has 0 unspecified atom stereocenters. The van der Waals surface area contributed by atoms with E-state index in [-0.39, 0.29) is 24.9 Å². The quantitative estimate of drug-likeness (QED) is 0.451. The molecule has 0 saturated carbocycles. The average Bonchev–Trinajstić information content (AvgIpc) is 3.44. The largest absolute Gasteiger partial charge is 0.370 e. The molecule has 4 rings (SSSR count). The molecule has 7 nitrogen and oxygen atoms in total. The van der Waals surface area contributed by atoms with Gasteiger partial charge in [-0.05, 0) is 55.6 Å². The molecular weight excluding hydrogens is 429 g/mol. The summed E-state index contributed by atoms with van der Waals surface area (Å²) in [6.45, 7) is 4.05. The second kappa shape index (κ2) is 8.88. The molecule has 9 heteroatoms. The van der Waals surface area contributed by atoms with Crippen molar-refractivity contribution < 1.29 is 14.0 Å². The SMILES string of the molecule is CC(C)n1ncc2c(C(=O)N(CCC(N)=O)c3ccc(F)cc3)cc(-c3cccs3)nc21. The lowest BCUT2D eigenvalue weighted by molar-refractivity contribution is -0.117. The number of rotatable bonds is 7. The van der Waals surface area contributed by atoms with Crippen LogP contribution in [0.1, 0.15) is 36.7 Å². The van der Waals surface area contributed by atoms with E-state index in [0.717, 1.165) is 4.88 Å². The Balaban J connectivity index is 1.87. The van der Waals surface area contributed by atoms with E-state index in [1.54, 1.807) is 16.9 Å². The second-order valence-corrected chi connectivity index (χ2v) is 8.55. The Bertz CT molecular complexity index is 1270. The topological polar surface area (TPSA) is 94.1 Å². The first-order valence-electron chi connectivity index (χ1n) is 10.1. The zero-order chi connectivity index (χ0) is 22.8. The van der Waals surface area contributed by atoms with Gasteiger partial charge in [0, 0.05) is 24.7 Å². The van der Waals surface area contributed by atoms with Crippen molar-refractivity contribution in [1.82, 2.24) is 14.8 Å². The molecule has 0 aliphatic rings. The molecule has 0 fully saturated rings. The lowest BCUT2D eigenvalue weighted by atomic mass is 10.1. The predicted molar refractivity (Wildman–Crippen MR) is 123 cm³/mol. The summed E-state index contributed by atoms with van der Waals surface area (Å²) in [6, 6.07) is 11.2.